The van der Waals surface area contributed by atoms with Crippen molar-refractivity contribution in [3.05, 3.63) is 23.2 Å². The van der Waals surface area contributed by atoms with Crippen molar-refractivity contribution >= 4 is 30.2 Å². The second kappa shape index (κ2) is 12.8. The molecule has 0 N–H and O–H groups in total. The summed E-state index contributed by atoms with van der Waals surface area (Å²) in [5, 5.41) is 0.0258. The molecular formula is C31H51BrO8Si. The van der Waals surface area contributed by atoms with Gasteiger partial charge >= 0.3 is 5.97 Å². The number of allylic oxidation sites excluding steroid dienone is 2. The Hall–Kier alpha value is -0.593. The average molecular weight is 660 g/mol. The summed E-state index contributed by atoms with van der Waals surface area (Å²) in [6.07, 6.45) is 3.42. The van der Waals surface area contributed by atoms with Crippen LogP contribution in [-0.2, 0) is 37.6 Å². The molecule has 0 spiro atoms. The van der Waals surface area contributed by atoms with Gasteiger partial charge in [-0.3, -0.25) is 4.79 Å². The number of carbonyl (C=O) groups is 1. The molecule has 1 saturated heterocycles. The lowest BCUT2D eigenvalue weighted by Crippen LogP contribution is -2.60. The molecule has 1 aliphatic heterocycles. The molecule has 2 saturated carbocycles. The van der Waals surface area contributed by atoms with Crippen molar-refractivity contribution in [1.29, 1.82) is 0 Å². The molecule has 0 unspecified atom stereocenters. The van der Waals surface area contributed by atoms with Crippen LogP contribution >= 0.6 is 15.9 Å². The van der Waals surface area contributed by atoms with Gasteiger partial charge in [-0.25, -0.2) is 0 Å². The molecule has 10 heteroatoms. The van der Waals surface area contributed by atoms with Gasteiger partial charge in [-0.15, -0.1) is 6.58 Å². The lowest BCUT2D eigenvalue weighted by Gasteiger charge is -2.46. The second-order valence-electron chi connectivity index (χ2n) is 13.7. The van der Waals surface area contributed by atoms with E-state index in [4.69, 9.17) is 32.8 Å². The summed E-state index contributed by atoms with van der Waals surface area (Å²) >= 11 is 3.98. The highest BCUT2D eigenvalue weighted by Crippen LogP contribution is 2.60. The minimum atomic E-state index is -2.19. The van der Waals surface area contributed by atoms with Crippen LogP contribution in [0.1, 0.15) is 40.5 Å². The van der Waals surface area contributed by atoms with Crippen LogP contribution in [0.5, 0.6) is 0 Å². The first-order valence-electron chi connectivity index (χ1n) is 14.9. The van der Waals surface area contributed by atoms with Gasteiger partial charge in [0.05, 0.1) is 31.3 Å². The van der Waals surface area contributed by atoms with Crippen LogP contribution in [0.4, 0.5) is 0 Å². The van der Waals surface area contributed by atoms with E-state index < -0.39 is 20.7 Å². The molecule has 4 rings (SSSR count). The van der Waals surface area contributed by atoms with E-state index in [0.29, 0.717) is 5.92 Å². The highest BCUT2D eigenvalue weighted by atomic mass is 79.9. The summed E-state index contributed by atoms with van der Waals surface area (Å²) in [5.74, 6) is 0.563. The Morgan fingerprint density at radius 1 is 1.02 bits per heavy atom. The highest BCUT2D eigenvalue weighted by Gasteiger charge is 2.60. The molecule has 0 aromatic rings. The fourth-order valence-corrected chi connectivity index (χ4v) is 9.84. The van der Waals surface area contributed by atoms with Crippen molar-refractivity contribution in [1.82, 2.24) is 0 Å². The van der Waals surface area contributed by atoms with Crippen molar-refractivity contribution in [2.45, 2.75) is 102 Å². The van der Waals surface area contributed by atoms with Crippen LogP contribution in [0.25, 0.3) is 0 Å². The van der Waals surface area contributed by atoms with E-state index in [1.54, 1.807) is 21.3 Å². The van der Waals surface area contributed by atoms with E-state index in [2.05, 4.69) is 62.5 Å². The van der Waals surface area contributed by atoms with Crippen molar-refractivity contribution in [2.75, 3.05) is 28.4 Å². The Bertz CT molecular complexity index is 982. The van der Waals surface area contributed by atoms with E-state index >= 15 is 0 Å². The van der Waals surface area contributed by atoms with Gasteiger partial charge in [0.2, 0.25) is 0 Å². The molecule has 0 amide bonds. The number of halogens is 1. The molecule has 13 atom stereocenters. The van der Waals surface area contributed by atoms with Gasteiger partial charge in [0, 0.05) is 27.2 Å². The predicted molar refractivity (Wildman–Crippen MR) is 163 cm³/mol. The SMILES string of the molecule is C=C[C@@H]1[C@@H]2C=C(Br)[C@H]3[C@H](C[C@H](O[C@@H]4O[C@@H](C)[C@H](OC)[C@@H](OC)[C@H]4OC)[C@@H]3O[Si](C)(C)C(C)(C)C)[C@H]2C[C@@H]1C(=O)OC. The molecule has 3 aliphatic carbocycles. The lowest BCUT2D eigenvalue weighted by atomic mass is 9.71. The van der Waals surface area contributed by atoms with Crippen LogP contribution in [0.2, 0.25) is 18.1 Å². The van der Waals surface area contributed by atoms with Gasteiger partial charge in [0.15, 0.2) is 14.6 Å². The standard InChI is InChI=1S/C31H51BrO8Si/c1-12-17-19-14-22(32)24-20(18(19)13-21(17)29(33)37-9)15-23(26(24)40-41(10,11)31(3,4)5)39-30-28(36-8)27(35-7)25(34-6)16(2)38-30/h12,14,16-21,23-28,30H,1,13,15H2,2-11H3/t16-,17+,18-,19-,20+,21-,23-,24+,25-,26-,27+,28+,30-/m0/s1. The van der Waals surface area contributed by atoms with E-state index in [0.717, 1.165) is 17.3 Å². The van der Waals surface area contributed by atoms with E-state index in [-0.39, 0.29) is 71.1 Å². The molecule has 234 valence electrons. The summed E-state index contributed by atoms with van der Waals surface area (Å²) in [6.45, 7) is 17.4. The number of rotatable bonds is 9. The Morgan fingerprint density at radius 3 is 2.20 bits per heavy atom. The van der Waals surface area contributed by atoms with E-state index in [9.17, 15) is 4.79 Å². The maximum atomic E-state index is 12.8. The number of carbonyl (C=O) groups excluding carboxylic acids is 1. The topological polar surface area (TPSA) is 81.7 Å². The molecule has 0 bridgehead atoms. The second-order valence-corrected chi connectivity index (χ2v) is 19.4. The normalized spacial score (nSPS) is 42.8. The first kappa shape index (κ1) is 33.3. The third kappa shape index (κ3) is 6.06. The molecular weight excluding hydrogens is 608 g/mol. The molecule has 1 heterocycles. The van der Waals surface area contributed by atoms with Crippen LogP contribution in [0.15, 0.2) is 23.2 Å². The molecule has 3 fully saturated rings. The quantitative estimate of drug-likeness (QED) is 0.177. The molecule has 41 heavy (non-hydrogen) atoms. The van der Waals surface area contributed by atoms with Gasteiger partial charge in [0.25, 0.3) is 0 Å². The number of fused-ring (bicyclic) bond motifs is 3. The summed E-state index contributed by atoms with van der Waals surface area (Å²) < 4.78 is 44.4. The van der Waals surface area contributed by atoms with Gasteiger partial charge in [0.1, 0.15) is 18.3 Å². The number of methoxy groups -OCH3 is 4. The minimum absolute atomic E-state index is 0.0258. The van der Waals surface area contributed by atoms with Crippen LogP contribution in [0, 0.1) is 35.5 Å². The lowest BCUT2D eigenvalue weighted by molar-refractivity contribution is -0.318. The summed E-state index contributed by atoms with van der Waals surface area (Å²) in [4.78, 5) is 12.8. The Balaban J connectivity index is 1.69. The highest BCUT2D eigenvalue weighted by molar-refractivity contribution is 9.11. The third-order valence-electron chi connectivity index (χ3n) is 10.7. The first-order valence-corrected chi connectivity index (χ1v) is 18.6. The van der Waals surface area contributed by atoms with Crippen molar-refractivity contribution < 1.29 is 37.6 Å². The largest absolute Gasteiger partial charge is 0.469 e. The Kier molecular flexibility index (Phi) is 10.4. The van der Waals surface area contributed by atoms with Crippen molar-refractivity contribution in [3.8, 4) is 0 Å². The zero-order valence-corrected chi connectivity index (χ0v) is 29.0. The molecule has 0 aromatic carbocycles. The molecule has 8 nitrogen and oxygen atoms in total. The average Bonchev–Trinajstić information content (AvgIpc) is 3.45. The third-order valence-corrected chi connectivity index (χ3v) is 16.0. The van der Waals surface area contributed by atoms with Crippen molar-refractivity contribution in [3.63, 3.8) is 0 Å². The van der Waals surface area contributed by atoms with E-state index in [1.165, 1.54) is 7.11 Å². The summed E-state index contributed by atoms with van der Waals surface area (Å²) in [5.41, 5.74) is 0. The monoisotopic (exact) mass is 658 g/mol. The summed E-state index contributed by atoms with van der Waals surface area (Å²) in [7, 11) is 4.27. The Morgan fingerprint density at radius 2 is 1.66 bits per heavy atom. The number of esters is 1. The van der Waals surface area contributed by atoms with Crippen molar-refractivity contribution in [2.24, 2.45) is 35.5 Å². The fraction of sp³-hybridized carbons (Fsp3) is 0.839. The van der Waals surface area contributed by atoms with E-state index in [1.807, 2.05) is 13.0 Å². The Labute approximate surface area is 256 Å². The van der Waals surface area contributed by atoms with Crippen LogP contribution < -0.4 is 0 Å². The van der Waals surface area contributed by atoms with Crippen LogP contribution in [0.3, 0.4) is 0 Å². The first-order chi connectivity index (χ1) is 19.2. The van der Waals surface area contributed by atoms with Gasteiger partial charge < -0.3 is 32.8 Å². The number of hydrogen-bond acceptors (Lipinski definition) is 8. The predicted octanol–water partition coefficient (Wildman–Crippen LogP) is 5.71. The molecule has 4 aliphatic rings. The van der Waals surface area contributed by atoms with Crippen LogP contribution in [-0.4, -0.2) is 85.6 Å². The molecule has 0 radical (unpaired) electrons. The maximum absolute atomic E-state index is 12.8. The minimum Gasteiger partial charge on any atom is -0.469 e. The van der Waals surface area contributed by atoms with Gasteiger partial charge in [-0.05, 0) is 66.1 Å². The number of hydrogen-bond donors (Lipinski definition) is 0. The number of ether oxygens (including phenoxy) is 6. The van der Waals surface area contributed by atoms with Gasteiger partial charge in [-0.1, -0.05) is 48.9 Å². The molecule has 0 aromatic heterocycles. The smallest absolute Gasteiger partial charge is 0.309 e. The zero-order valence-electron chi connectivity index (χ0n) is 26.4. The zero-order chi connectivity index (χ0) is 30.4. The van der Waals surface area contributed by atoms with Gasteiger partial charge in [-0.2, -0.15) is 0 Å². The summed E-state index contributed by atoms with van der Waals surface area (Å²) in [6, 6.07) is 0. The maximum Gasteiger partial charge on any atom is 0.309 e. The fourth-order valence-electron chi connectivity index (χ4n) is 7.60.